The first kappa shape index (κ1) is 18.3. The molecule has 128 valence electrons. The van der Waals surface area contributed by atoms with Crippen LogP contribution in [0, 0.1) is 0 Å². The van der Waals surface area contributed by atoms with E-state index in [1.165, 1.54) is 0 Å². The maximum absolute atomic E-state index is 12.8. The molecule has 1 heterocycles. The van der Waals surface area contributed by atoms with Crippen LogP contribution in [-0.4, -0.2) is 10.4 Å². The average Bonchev–Trinajstić information content (AvgIpc) is 2.50. The van der Waals surface area contributed by atoms with E-state index in [1.807, 2.05) is 13.8 Å². The fourth-order valence-corrected chi connectivity index (χ4v) is 2.40. The fourth-order valence-electron chi connectivity index (χ4n) is 2.17. The minimum Gasteiger partial charge on any atom is -0.306 e. The number of rotatable bonds is 4. The molecule has 1 aromatic heterocycles. The number of aromatic nitrogens is 1. The highest BCUT2D eigenvalue weighted by Crippen LogP contribution is 2.29. The summed E-state index contributed by atoms with van der Waals surface area (Å²) in [6.45, 7) is 3.49. The lowest BCUT2D eigenvalue weighted by Crippen LogP contribution is -2.26. The quantitative estimate of drug-likeness (QED) is 0.754. The van der Waals surface area contributed by atoms with Crippen LogP contribution in [0.3, 0.4) is 0 Å². The average molecular weight is 358 g/mol. The van der Waals surface area contributed by atoms with Crippen molar-refractivity contribution in [1.82, 2.24) is 4.57 Å². The van der Waals surface area contributed by atoms with Crippen LogP contribution < -0.4 is 5.56 Å². The van der Waals surface area contributed by atoms with Gasteiger partial charge in [-0.05, 0) is 17.5 Å². The zero-order valence-electron chi connectivity index (χ0n) is 13.0. The first-order chi connectivity index (χ1) is 11.1. The predicted molar refractivity (Wildman–Crippen MR) is 85.6 cm³/mol. The number of carbonyl (C=O) groups is 1. The van der Waals surface area contributed by atoms with Crippen LogP contribution in [0.1, 0.15) is 41.3 Å². The predicted octanol–water partition coefficient (Wildman–Crippen LogP) is 4.53. The van der Waals surface area contributed by atoms with Crippen LogP contribution in [0.25, 0.3) is 0 Å². The summed E-state index contributed by atoms with van der Waals surface area (Å²) in [4.78, 5) is 24.1. The molecule has 7 heteroatoms. The van der Waals surface area contributed by atoms with E-state index in [0.717, 1.165) is 5.56 Å². The zero-order valence-corrected chi connectivity index (χ0v) is 13.8. The highest BCUT2D eigenvalue weighted by atomic mass is 35.5. The lowest BCUT2D eigenvalue weighted by molar-refractivity contribution is -0.138. The molecular formula is C17H15ClF3NO2. The van der Waals surface area contributed by atoms with Crippen molar-refractivity contribution >= 4 is 17.4 Å². The molecule has 1 aromatic carbocycles. The summed E-state index contributed by atoms with van der Waals surface area (Å²) in [6, 6.07) is 7.30. The molecule has 0 saturated heterocycles. The lowest BCUT2D eigenvalue weighted by Gasteiger charge is -2.12. The first-order valence-electron chi connectivity index (χ1n) is 7.20. The molecule has 0 fully saturated rings. The van der Waals surface area contributed by atoms with Gasteiger partial charge in [-0.3, -0.25) is 9.59 Å². The summed E-state index contributed by atoms with van der Waals surface area (Å²) >= 11 is 5.57. The van der Waals surface area contributed by atoms with E-state index in [9.17, 15) is 22.8 Å². The van der Waals surface area contributed by atoms with Crippen LogP contribution in [0.15, 0.2) is 41.3 Å². The maximum Gasteiger partial charge on any atom is 0.417 e. The normalized spacial score (nSPS) is 11.8. The van der Waals surface area contributed by atoms with E-state index in [4.69, 9.17) is 11.6 Å². The molecule has 0 bridgehead atoms. The second kappa shape index (κ2) is 6.81. The van der Waals surface area contributed by atoms with E-state index in [2.05, 4.69) is 0 Å². The molecule has 0 aliphatic heterocycles. The Morgan fingerprint density at radius 3 is 2.29 bits per heavy atom. The number of halogens is 4. The molecule has 0 amide bonds. The lowest BCUT2D eigenvalue weighted by atomic mass is 10.0. The molecule has 3 nitrogen and oxygen atoms in total. The molecule has 0 radical (unpaired) electrons. The Morgan fingerprint density at radius 1 is 1.21 bits per heavy atom. The molecular weight excluding hydrogens is 343 g/mol. The first-order valence-corrected chi connectivity index (χ1v) is 7.57. The van der Waals surface area contributed by atoms with Gasteiger partial charge in [0.2, 0.25) is 0 Å². The number of ketones is 1. The third kappa shape index (κ3) is 4.06. The van der Waals surface area contributed by atoms with E-state index < -0.39 is 34.6 Å². The van der Waals surface area contributed by atoms with Gasteiger partial charge < -0.3 is 4.57 Å². The van der Waals surface area contributed by atoms with Crippen molar-refractivity contribution in [2.24, 2.45) is 0 Å². The number of hydrogen-bond donors (Lipinski definition) is 0. The Labute approximate surface area is 141 Å². The number of benzene rings is 1. The molecule has 0 N–H and O–H groups in total. The summed E-state index contributed by atoms with van der Waals surface area (Å²) < 4.78 is 39.1. The number of pyridine rings is 1. The molecule has 0 unspecified atom stereocenters. The van der Waals surface area contributed by atoms with Gasteiger partial charge in [0, 0.05) is 11.8 Å². The van der Waals surface area contributed by atoms with Gasteiger partial charge in [0.25, 0.3) is 5.56 Å². The smallest absolute Gasteiger partial charge is 0.306 e. The maximum atomic E-state index is 12.8. The van der Waals surface area contributed by atoms with Crippen molar-refractivity contribution in [3.8, 4) is 0 Å². The Bertz CT molecular complexity index is 808. The minimum absolute atomic E-state index is 0.291. The van der Waals surface area contributed by atoms with Gasteiger partial charge >= 0.3 is 6.18 Å². The molecule has 0 spiro atoms. The molecule has 0 saturated carbocycles. The SMILES string of the molecule is CC(C)c1ccc(C(=O)Cn2cc(C(F)(F)F)cc(Cl)c2=O)cc1. The van der Waals surface area contributed by atoms with Crippen LogP contribution >= 0.6 is 11.6 Å². The van der Waals surface area contributed by atoms with Gasteiger partial charge in [-0.1, -0.05) is 49.7 Å². The van der Waals surface area contributed by atoms with Crippen molar-refractivity contribution < 1.29 is 18.0 Å². The van der Waals surface area contributed by atoms with E-state index >= 15 is 0 Å². The highest BCUT2D eigenvalue weighted by molar-refractivity contribution is 6.30. The van der Waals surface area contributed by atoms with Crippen LogP contribution in [0.5, 0.6) is 0 Å². The minimum atomic E-state index is -4.65. The van der Waals surface area contributed by atoms with E-state index in [1.54, 1.807) is 24.3 Å². The number of hydrogen-bond acceptors (Lipinski definition) is 2. The summed E-state index contributed by atoms with van der Waals surface area (Å²) in [5.41, 5.74) is -0.558. The Hall–Kier alpha value is -2.08. The van der Waals surface area contributed by atoms with Gasteiger partial charge in [0.1, 0.15) is 5.02 Å². The number of carbonyl (C=O) groups excluding carboxylic acids is 1. The molecule has 2 aromatic rings. The Morgan fingerprint density at radius 2 is 1.79 bits per heavy atom. The molecule has 24 heavy (non-hydrogen) atoms. The Balaban J connectivity index is 2.31. The van der Waals surface area contributed by atoms with Gasteiger partial charge in [0.05, 0.1) is 12.1 Å². The van der Waals surface area contributed by atoms with Gasteiger partial charge in [-0.25, -0.2) is 0 Å². The van der Waals surface area contributed by atoms with Crippen molar-refractivity contribution in [3.05, 3.63) is 68.6 Å². The van der Waals surface area contributed by atoms with Gasteiger partial charge in [0.15, 0.2) is 5.78 Å². The van der Waals surface area contributed by atoms with E-state index in [-0.39, 0.29) is 0 Å². The van der Waals surface area contributed by atoms with Gasteiger partial charge in [-0.2, -0.15) is 13.2 Å². The summed E-state index contributed by atoms with van der Waals surface area (Å²) in [5.74, 6) is -0.179. The summed E-state index contributed by atoms with van der Waals surface area (Å²) in [7, 11) is 0. The summed E-state index contributed by atoms with van der Waals surface area (Å²) in [5, 5.41) is -0.576. The second-order valence-corrected chi connectivity index (χ2v) is 6.11. The molecule has 0 aliphatic rings. The fraction of sp³-hybridized carbons (Fsp3) is 0.294. The highest BCUT2D eigenvalue weighted by Gasteiger charge is 2.32. The monoisotopic (exact) mass is 357 g/mol. The van der Waals surface area contributed by atoms with E-state index in [0.29, 0.717) is 28.3 Å². The largest absolute Gasteiger partial charge is 0.417 e. The van der Waals surface area contributed by atoms with Crippen molar-refractivity contribution in [1.29, 1.82) is 0 Å². The zero-order chi connectivity index (χ0) is 18.1. The van der Waals surface area contributed by atoms with Crippen LogP contribution in [-0.2, 0) is 12.7 Å². The third-order valence-electron chi connectivity index (χ3n) is 3.58. The summed E-state index contributed by atoms with van der Waals surface area (Å²) in [6.07, 6.45) is -4.05. The molecule has 2 rings (SSSR count). The van der Waals surface area contributed by atoms with Crippen LogP contribution in [0.4, 0.5) is 13.2 Å². The third-order valence-corrected chi connectivity index (χ3v) is 3.85. The van der Waals surface area contributed by atoms with Crippen molar-refractivity contribution in [3.63, 3.8) is 0 Å². The van der Waals surface area contributed by atoms with Crippen molar-refractivity contribution in [2.75, 3.05) is 0 Å². The topological polar surface area (TPSA) is 39.1 Å². The molecule has 0 aliphatic carbocycles. The molecule has 0 atom stereocenters. The standard InChI is InChI=1S/C17H15ClF3NO2/c1-10(2)11-3-5-12(6-4-11)15(23)9-22-8-13(17(19,20)21)7-14(18)16(22)24/h3-8,10H,9H2,1-2H3. The second-order valence-electron chi connectivity index (χ2n) is 5.71. The number of nitrogens with zero attached hydrogens (tertiary/aromatic N) is 1. The van der Waals surface area contributed by atoms with Crippen molar-refractivity contribution in [2.45, 2.75) is 32.5 Å². The van der Waals surface area contributed by atoms with Crippen LogP contribution in [0.2, 0.25) is 5.02 Å². The van der Waals surface area contributed by atoms with Gasteiger partial charge in [-0.15, -0.1) is 0 Å². The number of Topliss-reactive ketones (excluding diaryl/α,β-unsaturated/α-hetero) is 1. The number of alkyl halides is 3. The Kier molecular flexibility index (Phi) is 5.18.